The number of nitrogens with one attached hydrogen (secondary N) is 3. The summed E-state index contributed by atoms with van der Waals surface area (Å²) in [6.45, 7) is 2.51. The van der Waals surface area contributed by atoms with E-state index in [0.29, 0.717) is 12.1 Å². The zero-order chi connectivity index (χ0) is 22.3. The maximum Gasteiger partial charge on any atom is 0.251 e. The molecule has 2 aromatic carbocycles. The van der Waals surface area contributed by atoms with Crippen molar-refractivity contribution < 1.29 is 13.2 Å². The predicted molar refractivity (Wildman–Crippen MR) is 122 cm³/mol. The Bertz CT molecular complexity index is 1040. The Morgan fingerprint density at radius 3 is 2.52 bits per heavy atom. The molecule has 1 aliphatic carbocycles. The van der Waals surface area contributed by atoms with Crippen molar-refractivity contribution in [2.75, 3.05) is 13.1 Å². The first kappa shape index (κ1) is 23.0. The monoisotopic (exact) mass is 439 g/mol. The predicted octanol–water partition coefficient (Wildman–Crippen LogP) is 2.99. The summed E-state index contributed by atoms with van der Waals surface area (Å²) in [7, 11) is -3.75. The Labute approximate surface area is 184 Å². The number of hydrogen-bond donors (Lipinski definition) is 3. The molecule has 3 N–H and O–H groups in total. The van der Waals surface area contributed by atoms with Crippen LogP contribution in [-0.4, -0.2) is 33.0 Å². The highest BCUT2D eigenvalue weighted by atomic mass is 32.2. The normalized spacial score (nSPS) is 16.4. The van der Waals surface area contributed by atoms with Crippen LogP contribution in [0.25, 0.3) is 0 Å². The van der Waals surface area contributed by atoms with E-state index in [4.69, 9.17) is 6.42 Å². The minimum absolute atomic E-state index is 0.0156. The minimum Gasteiger partial charge on any atom is -0.350 e. The zero-order valence-corrected chi connectivity index (χ0v) is 18.5. The molecular weight excluding hydrogens is 410 g/mol. The standard InChI is InChI=1S/C24H29N3O3S/c1-3-16-26-31(29,30)22-13-9-12-21(17-22)23(28)25-18-24(14-7-8-15-24)27-19(2)20-10-5-4-6-11-20/h1,4-6,9-13,17,19,26-27H,7-8,14-16,18H2,2H3,(H,25,28). The molecule has 7 heteroatoms. The van der Waals surface area contributed by atoms with Crippen LogP contribution in [0, 0.1) is 12.3 Å². The average molecular weight is 440 g/mol. The van der Waals surface area contributed by atoms with Crippen LogP contribution in [0.1, 0.15) is 54.6 Å². The molecule has 31 heavy (non-hydrogen) atoms. The lowest BCUT2D eigenvalue weighted by atomic mass is 9.94. The van der Waals surface area contributed by atoms with Gasteiger partial charge in [-0.15, -0.1) is 6.42 Å². The SMILES string of the molecule is C#CCNS(=O)(=O)c1cccc(C(=O)NCC2(NC(C)c3ccccc3)CCCC2)c1. The Morgan fingerprint density at radius 2 is 1.84 bits per heavy atom. The number of rotatable bonds is 9. The molecule has 1 aliphatic rings. The van der Waals surface area contributed by atoms with Gasteiger partial charge in [0.25, 0.3) is 5.91 Å². The van der Waals surface area contributed by atoms with Gasteiger partial charge < -0.3 is 10.6 Å². The van der Waals surface area contributed by atoms with E-state index in [1.807, 2.05) is 18.2 Å². The molecule has 0 bridgehead atoms. The molecule has 1 saturated carbocycles. The lowest BCUT2D eigenvalue weighted by molar-refractivity contribution is 0.0936. The minimum atomic E-state index is -3.75. The maximum atomic E-state index is 12.8. The van der Waals surface area contributed by atoms with Crippen LogP contribution in [-0.2, 0) is 10.0 Å². The van der Waals surface area contributed by atoms with Gasteiger partial charge >= 0.3 is 0 Å². The molecule has 0 aromatic heterocycles. The quantitative estimate of drug-likeness (QED) is 0.524. The smallest absolute Gasteiger partial charge is 0.251 e. The summed E-state index contributed by atoms with van der Waals surface area (Å²) >= 11 is 0. The number of carbonyl (C=O) groups is 1. The summed E-state index contributed by atoms with van der Waals surface area (Å²) in [5.41, 5.74) is 1.33. The summed E-state index contributed by atoms with van der Waals surface area (Å²) in [5, 5.41) is 6.75. The molecule has 2 aromatic rings. The van der Waals surface area contributed by atoms with E-state index < -0.39 is 10.0 Å². The first-order valence-electron chi connectivity index (χ1n) is 10.5. The Kier molecular flexibility index (Phi) is 7.50. The first-order chi connectivity index (χ1) is 14.9. The molecule has 1 atom stereocenters. The van der Waals surface area contributed by atoms with Crippen LogP contribution < -0.4 is 15.4 Å². The van der Waals surface area contributed by atoms with E-state index in [0.717, 1.165) is 25.7 Å². The Morgan fingerprint density at radius 1 is 1.13 bits per heavy atom. The Hall–Kier alpha value is -2.66. The molecule has 0 radical (unpaired) electrons. The van der Waals surface area contributed by atoms with E-state index in [9.17, 15) is 13.2 Å². The summed E-state index contributed by atoms with van der Waals surface area (Å²) in [6.07, 6.45) is 9.31. The molecular formula is C24H29N3O3S. The van der Waals surface area contributed by atoms with Gasteiger partial charge in [-0.25, -0.2) is 8.42 Å². The van der Waals surface area contributed by atoms with Gasteiger partial charge in [0.15, 0.2) is 0 Å². The second-order valence-corrected chi connectivity index (χ2v) is 9.77. The van der Waals surface area contributed by atoms with Gasteiger partial charge in [-0.3, -0.25) is 4.79 Å². The average Bonchev–Trinajstić information content (AvgIpc) is 3.25. The van der Waals surface area contributed by atoms with Crippen LogP contribution in [0.4, 0.5) is 0 Å². The summed E-state index contributed by atoms with van der Waals surface area (Å²) < 4.78 is 26.9. The summed E-state index contributed by atoms with van der Waals surface area (Å²) in [4.78, 5) is 12.8. The maximum absolute atomic E-state index is 12.8. The molecule has 164 valence electrons. The van der Waals surface area contributed by atoms with Crippen LogP contribution in [0.15, 0.2) is 59.5 Å². The third kappa shape index (κ3) is 5.95. The third-order valence-electron chi connectivity index (χ3n) is 5.74. The molecule has 0 spiro atoms. The van der Waals surface area contributed by atoms with Crippen LogP contribution in [0.3, 0.4) is 0 Å². The van der Waals surface area contributed by atoms with Crippen molar-refractivity contribution in [1.82, 2.24) is 15.4 Å². The second kappa shape index (κ2) is 10.1. The Balaban J connectivity index is 1.68. The van der Waals surface area contributed by atoms with Gasteiger partial charge in [0, 0.05) is 23.7 Å². The highest BCUT2D eigenvalue weighted by Crippen LogP contribution is 2.32. The number of benzene rings is 2. The number of amides is 1. The lowest BCUT2D eigenvalue weighted by Gasteiger charge is -2.34. The van der Waals surface area contributed by atoms with E-state index >= 15 is 0 Å². The van der Waals surface area contributed by atoms with Crippen LogP contribution in [0.2, 0.25) is 0 Å². The van der Waals surface area contributed by atoms with Gasteiger partial charge in [0.1, 0.15) is 0 Å². The van der Waals surface area contributed by atoms with Crippen molar-refractivity contribution in [1.29, 1.82) is 0 Å². The number of carbonyl (C=O) groups excluding carboxylic acids is 1. The fourth-order valence-electron chi connectivity index (χ4n) is 4.08. The highest BCUT2D eigenvalue weighted by molar-refractivity contribution is 7.89. The molecule has 0 aliphatic heterocycles. The van der Waals surface area contributed by atoms with E-state index in [-0.39, 0.29) is 28.9 Å². The lowest BCUT2D eigenvalue weighted by Crippen LogP contribution is -2.52. The molecule has 1 amide bonds. The van der Waals surface area contributed by atoms with Crippen LogP contribution in [0.5, 0.6) is 0 Å². The molecule has 0 heterocycles. The molecule has 6 nitrogen and oxygen atoms in total. The van der Waals surface area contributed by atoms with E-state index in [1.54, 1.807) is 12.1 Å². The highest BCUT2D eigenvalue weighted by Gasteiger charge is 2.35. The molecule has 0 saturated heterocycles. The van der Waals surface area contributed by atoms with Gasteiger partial charge in [-0.05, 0) is 43.5 Å². The third-order valence-corrected chi connectivity index (χ3v) is 7.14. The van der Waals surface area contributed by atoms with Crippen molar-refractivity contribution >= 4 is 15.9 Å². The molecule has 1 unspecified atom stereocenters. The first-order valence-corrected chi connectivity index (χ1v) is 12.0. The fraction of sp³-hybridized carbons (Fsp3) is 0.375. The molecule has 1 fully saturated rings. The topological polar surface area (TPSA) is 87.3 Å². The van der Waals surface area contributed by atoms with Crippen molar-refractivity contribution in [3.05, 3.63) is 65.7 Å². The zero-order valence-electron chi connectivity index (χ0n) is 17.7. The summed E-state index contributed by atoms with van der Waals surface area (Å²) in [5.74, 6) is 1.94. The van der Waals surface area contributed by atoms with Crippen molar-refractivity contribution in [3.63, 3.8) is 0 Å². The fourth-order valence-corrected chi connectivity index (χ4v) is 5.06. The number of terminal acetylenes is 1. The van der Waals surface area contributed by atoms with Gasteiger partial charge in [-0.1, -0.05) is 55.2 Å². The van der Waals surface area contributed by atoms with Crippen molar-refractivity contribution in [3.8, 4) is 12.3 Å². The van der Waals surface area contributed by atoms with Crippen LogP contribution >= 0.6 is 0 Å². The van der Waals surface area contributed by atoms with Gasteiger partial charge in [0.2, 0.25) is 10.0 Å². The molecule has 3 rings (SSSR count). The second-order valence-electron chi connectivity index (χ2n) is 8.00. The van der Waals surface area contributed by atoms with Crippen molar-refractivity contribution in [2.24, 2.45) is 0 Å². The summed E-state index contributed by atoms with van der Waals surface area (Å²) in [6, 6.07) is 16.4. The van der Waals surface area contributed by atoms with Crippen molar-refractivity contribution in [2.45, 2.75) is 49.1 Å². The van der Waals surface area contributed by atoms with E-state index in [2.05, 4.69) is 40.3 Å². The largest absolute Gasteiger partial charge is 0.350 e. The number of sulfonamides is 1. The number of hydrogen-bond acceptors (Lipinski definition) is 4. The van der Waals surface area contributed by atoms with Gasteiger partial charge in [0.05, 0.1) is 11.4 Å². The van der Waals surface area contributed by atoms with E-state index in [1.165, 1.54) is 17.7 Å². The van der Waals surface area contributed by atoms with Gasteiger partial charge in [-0.2, -0.15) is 4.72 Å².